The third-order valence-corrected chi connectivity index (χ3v) is 2.08. The van der Waals surface area contributed by atoms with Crippen LogP contribution in [0.25, 0.3) is 0 Å². The number of nitrogens with one attached hydrogen (secondary N) is 1. The van der Waals surface area contributed by atoms with Gasteiger partial charge in [-0.1, -0.05) is 42.5 Å². The Morgan fingerprint density at radius 2 is 1.69 bits per heavy atom. The molecule has 1 aromatic carbocycles. The molecule has 2 atom stereocenters. The van der Waals surface area contributed by atoms with Gasteiger partial charge in [0.15, 0.2) is 0 Å². The topological polar surface area (TPSA) is 23.8 Å². The summed E-state index contributed by atoms with van der Waals surface area (Å²) in [6, 6.07) is 9.63. The molecule has 13 heavy (non-hydrogen) atoms. The quantitative estimate of drug-likeness (QED) is 0.624. The maximum absolute atomic E-state index is 7.73. The summed E-state index contributed by atoms with van der Waals surface area (Å²) in [5.41, 5.74) is 8.85. The van der Waals surface area contributed by atoms with Crippen molar-refractivity contribution < 1.29 is 0 Å². The van der Waals surface area contributed by atoms with Crippen LogP contribution in [0.3, 0.4) is 0 Å². The second kappa shape index (κ2) is 4.63. The monoisotopic (exact) mass is 172 g/mol. The fourth-order valence-electron chi connectivity index (χ4n) is 1.31. The Balaban J connectivity index is 2.90. The van der Waals surface area contributed by atoms with E-state index in [1.165, 1.54) is 0 Å². The van der Waals surface area contributed by atoms with Crippen molar-refractivity contribution in [3.63, 3.8) is 0 Å². The van der Waals surface area contributed by atoms with Crippen molar-refractivity contribution in [2.24, 2.45) is 0 Å². The number of hydrogen-bond acceptors (Lipinski definition) is 0. The van der Waals surface area contributed by atoms with Gasteiger partial charge in [-0.05, 0) is 5.56 Å². The van der Waals surface area contributed by atoms with Crippen LogP contribution in [0.15, 0.2) is 55.6 Å². The summed E-state index contributed by atoms with van der Waals surface area (Å²) >= 11 is 0. The molecule has 0 bridgehead atoms. The second-order valence-corrected chi connectivity index (χ2v) is 2.93. The highest BCUT2D eigenvalue weighted by Gasteiger charge is 2.13. The zero-order valence-electron chi connectivity index (χ0n) is 7.61. The van der Waals surface area contributed by atoms with Crippen LogP contribution in [0.5, 0.6) is 0 Å². The summed E-state index contributed by atoms with van der Waals surface area (Å²) in [7, 11) is 0. The molecule has 1 radical (unpaired) electrons. The van der Waals surface area contributed by atoms with E-state index in [-0.39, 0.29) is 12.0 Å². The van der Waals surface area contributed by atoms with Crippen LogP contribution in [0.4, 0.5) is 0 Å². The summed E-state index contributed by atoms with van der Waals surface area (Å²) in [5.74, 6) is 0.0544. The molecule has 1 rings (SSSR count). The highest BCUT2D eigenvalue weighted by atomic mass is 14.6. The molecular formula is C12H14N. The molecule has 1 aromatic rings. The molecule has 0 aliphatic carbocycles. The van der Waals surface area contributed by atoms with Crippen molar-refractivity contribution in [1.29, 1.82) is 0 Å². The van der Waals surface area contributed by atoms with Crippen LogP contribution < -0.4 is 5.73 Å². The Morgan fingerprint density at radius 1 is 1.08 bits per heavy atom. The van der Waals surface area contributed by atoms with Gasteiger partial charge in [-0.25, -0.2) is 5.73 Å². The lowest BCUT2D eigenvalue weighted by molar-refractivity contribution is 0.704. The number of hydrogen-bond donors (Lipinski definition) is 0. The average Bonchev–Trinajstić information content (AvgIpc) is 2.20. The minimum Gasteiger partial charge on any atom is -0.249 e. The summed E-state index contributed by atoms with van der Waals surface area (Å²) in [4.78, 5) is 0. The van der Waals surface area contributed by atoms with E-state index in [9.17, 15) is 0 Å². The Kier molecular flexibility index (Phi) is 3.47. The zero-order chi connectivity index (χ0) is 9.68. The predicted molar refractivity (Wildman–Crippen MR) is 56.5 cm³/mol. The van der Waals surface area contributed by atoms with Crippen LogP contribution in [0, 0.1) is 0 Å². The predicted octanol–water partition coefficient (Wildman–Crippen LogP) is 2.79. The van der Waals surface area contributed by atoms with E-state index in [1.54, 1.807) is 12.2 Å². The summed E-state index contributed by atoms with van der Waals surface area (Å²) in [6.45, 7) is 7.36. The van der Waals surface area contributed by atoms with Crippen LogP contribution in [-0.2, 0) is 0 Å². The van der Waals surface area contributed by atoms with E-state index in [0.29, 0.717) is 0 Å². The van der Waals surface area contributed by atoms with Gasteiger partial charge in [0.05, 0.1) is 0 Å². The van der Waals surface area contributed by atoms with Crippen LogP contribution in [0.2, 0.25) is 0 Å². The fraction of sp³-hybridized carbons (Fsp3) is 0.167. The van der Waals surface area contributed by atoms with E-state index in [4.69, 9.17) is 5.73 Å². The third-order valence-electron chi connectivity index (χ3n) is 2.08. The second-order valence-electron chi connectivity index (χ2n) is 2.93. The Hall–Kier alpha value is -1.34. The maximum Gasteiger partial charge on any atom is 0.0493 e. The molecule has 0 saturated heterocycles. The Labute approximate surface area is 79.6 Å². The number of rotatable bonds is 4. The van der Waals surface area contributed by atoms with Crippen molar-refractivity contribution >= 4 is 0 Å². The fourth-order valence-corrected chi connectivity index (χ4v) is 1.31. The van der Waals surface area contributed by atoms with Gasteiger partial charge in [-0.15, -0.1) is 13.2 Å². The van der Waals surface area contributed by atoms with Crippen LogP contribution in [-0.4, -0.2) is 6.04 Å². The van der Waals surface area contributed by atoms with Gasteiger partial charge >= 0.3 is 0 Å². The normalized spacial score (nSPS) is 14.5. The molecule has 0 fully saturated rings. The van der Waals surface area contributed by atoms with Gasteiger partial charge in [0, 0.05) is 12.0 Å². The van der Waals surface area contributed by atoms with Crippen molar-refractivity contribution in [3.05, 3.63) is 61.2 Å². The van der Waals surface area contributed by atoms with Gasteiger partial charge in [0.1, 0.15) is 0 Å². The molecule has 2 unspecified atom stereocenters. The van der Waals surface area contributed by atoms with E-state index in [0.717, 1.165) is 5.56 Å². The standard InChI is InChI=1S/C12H14N/c1-3-11(12(13)4-2)10-8-6-5-7-9-10/h3-9,11-13H,1-2H2. The third kappa shape index (κ3) is 2.30. The highest BCUT2D eigenvalue weighted by molar-refractivity contribution is 5.26. The first kappa shape index (κ1) is 9.75. The first-order chi connectivity index (χ1) is 6.29. The summed E-state index contributed by atoms with van der Waals surface area (Å²) in [5, 5.41) is 0. The molecule has 0 amide bonds. The van der Waals surface area contributed by atoms with Crippen molar-refractivity contribution in [3.8, 4) is 0 Å². The van der Waals surface area contributed by atoms with Crippen LogP contribution >= 0.6 is 0 Å². The smallest absolute Gasteiger partial charge is 0.0493 e. The molecule has 0 spiro atoms. The molecule has 1 N–H and O–H groups in total. The molecule has 67 valence electrons. The SMILES string of the molecule is C=CC([NH])C(C=C)c1ccccc1. The first-order valence-corrected chi connectivity index (χ1v) is 4.30. The highest BCUT2D eigenvalue weighted by Crippen LogP contribution is 2.20. The molecule has 1 nitrogen and oxygen atoms in total. The van der Waals surface area contributed by atoms with Gasteiger partial charge in [0.25, 0.3) is 0 Å². The van der Waals surface area contributed by atoms with Gasteiger partial charge in [0.2, 0.25) is 0 Å². The molecule has 0 aromatic heterocycles. The van der Waals surface area contributed by atoms with Gasteiger partial charge < -0.3 is 0 Å². The van der Waals surface area contributed by atoms with Gasteiger partial charge in [-0.2, -0.15) is 0 Å². The summed E-state index contributed by atoms with van der Waals surface area (Å²) in [6.07, 6.45) is 3.44. The van der Waals surface area contributed by atoms with E-state index >= 15 is 0 Å². The van der Waals surface area contributed by atoms with Crippen LogP contribution in [0.1, 0.15) is 11.5 Å². The van der Waals surface area contributed by atoms with Crippen molar-refractivity contribution in [2.75, 3.05) is 0 Å². The molecule has 0 aliphatic heterocycles. The first-order valence-electron chi connectivity index (χ1n) is 4.30. The largest absolute Gasteiger partial charge is 0.249 e. The van der Waals surface area contributed by atoms with E-state index in [2.05, 4.69) is 13.2 Å². The molecule has 0 saturated carbocycles. The zero-order valence-corrected chi connectivity index (χ0v) is 7.61. The lowest BCUT2D eigenvalue weighted by Crippen LogP contribution is -2.15. The maximum atomic E-state index is 7.73. The average molecular weight is 172 g/mol. The van der Waals surface area contributed by atoms with E-state index in [1.807, 2.05) is 30.3 Å². The lowest BCUT2D eigenvalue weighted by Gasteiger charge is -2.16. The number of benzene rings is 1. The molecule has 0 aliphatic rings. The van der Waals surface area contributed by atoms with E-state index < -0.39 is 0 Å². The van der Waals surface area contributed by atoms with Crippen molar-refractivity contribution in [2.45, 2.75) is 12.0 Å². The minimum absolute atomic E-state index is 0.0544. The lowest BCUT2D eigenvalue weighted by atomic mass is 9.92. The molecular weight excluding hydrogens is 158 g/mol. The minimum atomic E-state index is -0.306. The Morgan fingerprint density at radius 3 is 2.15 bits per heavy atom. The molecule has 0 heterocycles. The molecule has 1 heteroatoms. The Bertz CT molecular complexity index is 276. The van der Waals surface area contributed by atoms with Gasteiger partial charge in [-0.3, -0.25) is 0 Å². The summed E-state index contributed by atoms with van der Waals surface area (Å²) < 4.78 is 0. The van der Waals surface area contributed by atoms with Crippen molar-refractivity contribution in [1.82, 2.24) is 5.73 Å².